The molecule has 1 aliphatic heterocycles. The molecule has 2 aromatic carbocycles. The van der Waals surface area contributed by atoms with Gasteiger partial charge in [0.05, 0.1) is 11.6 Å². The van der Waals surface area contributed by atoms with E-state index in [1.807, 2.05) is 55.7 Å². The first-order valence-corrected chi connectivity index (χ1v) is 8.94. The lowest BCUT2D eigenvalue weighted by Gasteiger charge is -2.22. The lowest BCUT2D eigenvalue weighted by atomic mass is 9.77. The van der Waals surface area contributed by atoms with Gasteiger partial charge in [0.2, 0.25) is 5.91 Å². The normalized spacial score (nSPS) is 18.5. The van der Waals surface area contributed by atoms with Gasteiger partial charge in [0.25, 0.3) is 0 Å². The smallest absolute Gasteiger partial charge is 0.235 e. The average molecular weight is 354 g/mol. The summed E-state index contributed by atoms with van der Waals surface area (Å²) in [5, 5.41) is 7.42. The predicted molar refractivity (Wildman–Crippen MR) is 105 cm³/mol. The van der Waals surface area contributed by atoms with Gasteiger partial charge in [-0.15, -0.1) is 0 Å². The molecule has 4 aromatic rings. The number of benzene rings is 2. The quantitative estimate of drug-likeness (QED) is 0.608. The largest absolute Gasteiger partial charge is 0.325 e. The number of amides is 1. The zero-order valence-electron chi connectivity index (χ0n) is 14.9. The molecule has 5 nitrogen and oxygen atoms in total. The molecular weight excluding hydrogens is 336 g/mol. The monoisotopic (exact) mass is 354 g/mol. The molecule has 5 rings (SSSR count). The second-order valence-electron chi connectivity index (χ2n) is 7.16. The SMILES string of the molecule is C[C@@]1(Cc2ccccc2)C(=O)Nc2ccc(-c3cnn4cccnc34)cc21. The third-order valence-corrected chi connectivity index (χ3v) is 5.35. The fourth-order valence-electron chi connectivity index (χ4n) is 3.87. The zero-order chi connectivity index (χ0) is 18.4. The van der Waals surface area contributed by atoms with Crippen molar-refractivity contribution in [2.24, 2.45) is 0 Å². The molecule has 132 valence electrons. The Morgan fingerprint density at radius 2 is 1.96 bits per heavy atom. The van der Waals surface area contributed by atoms with E-state index in [1.165, 1.54) is 0 Å². The standard InChI is InChI=1S/C22H18N4O/c1-22(13-15-6-3-2-4-7-15)18-12-16(8-9-19(18)25-21(22)27)17-14-24-26-11-5-10-23-20(17)26/h2-12,14H,13H2,1H3,(H,25,27)/t22-/m0/s1. The maximum absolute atomic E-state index is 12.8. The number of fused-ring (bicyclic) bond motifs is 2. The molecular formula is C22H18N4O. The molecule has 1 amide bonds. The minimum Gasteiger partial charge on any atom is -0.325 e. The van der Waals surface area contributed by atoms with Gasteiger partial charge < -0.3 is 5.32 Å². The molecule has 0 radical (unpaired) electrons. The molecule has 1 aliphatic rings. The fourth-order valence-corrected chi connectivity index (χ4v) is 3.87. The highest BCUT2D eigenvalue weighted by atomic mass is 16.2. The highest BCUT2D eigenvalue weighted by Crippen LogP contribution is 2.42. The van der Waals surface area contributed by atoms with Crippen LogP contribution in [-0.2, 0) is 16.6 Å². The molecule has 0 unspecified atom stereocenters. The summed E-state index contributed by atoms with van der Waals surface area (Å²) in [5.41, 5.74) is 5.21. The first-order chi connectivity index (χ1) is 13.1. The summed E-state index contributed by atoms with van der Waals surface area (Å²) in [7, 11) is 0. The number of carbonyl (C=O) groups excluding carboxylic acids is 1. The van der Waals surface area contributed by atoms with Crippen LogP contribution in [0.4, 0.5) is 5.69 Å². The van der Waals surface area contributed by atoms with E-state index in [-0.39, 0.29) is 5.91 Å². The first kappa shape index (κ1) is 15.8. The van der Waals surface area contributed by atoms with Gasteiger partial charge in [-0.25, -0.2) is 9.50 Å². The summed E-state index contributed by atoms with van der Waals surface area (Å²) >= 11 is 0. The summed E-state index contributed by atoms with van der Waals surface area (Å²) < 4.78 is 1.76. The molecule has 0 fully saturated rings. The molecule has 1 atom stereocenters. The Hall–Kier alpha value is -3.47. The van der Waals surface area contributed by atoms with Crippen molar-refractivity contribution < 1.29 is 4.79 Å². The molecule has 0 saturated heterocycles. The van der Waals surface area contributed by atoms with E-state index in [0.717, 1.165) is 33.6 Å². The fraction of sp³-hybridized carbons (Fsp3) is 0.136. The lowest BCUT2D eigenvalue weighted by Crippen LogP contribution is -2.33. The first-order valence-electron chi connectivity index (χ1n) is 8.94. The predicted octanol–water partition coefficient (Wildman–Crippen LogP) is 3.85. The average Bonchev–Trinajstić information content (AvgIpc) is 3.22. The van der Waals surface area contributed by atoms with Crippen LogP contribution in [-0.4, -0.2) is 20.5 Å². The highest BCUT2D eigenvalue weighted by molar-refractivity contribution is 6.06. The van der Waals surface area contributed by atoms with Gasteiger partial charge in [-0.1, -0.05) is 36.4 Å². The molecule has 27 heavy (non-hydrogen) atoms. The van der Waals surface area contributed by atoms with Gasteiger partial charge >= 0.3 is 0 Å². The van der Waals surface area contributed by atoms with E-state index in [1.54, 1.807) is 10.7 Å². The second kappa shape index (κ2) is 5.77. The Morgan fingerprint density at radius 1 is 1.11 bits per heavy atom. The van der Waals surface area contributed by atoms with Crippen LogP contribution in [0.15, 0.2) is 73.2 Å². The van der Waals surface area contributed by atoms with Crippen LogP contribution in [0.25, 0.3) is 16.8 Å². The van der Waals surface area contributed by atoms with Gasteiger partial charge in [-0.3, -0.25) is 4.79 Å². The molecule has 0 aliphatic carbocycles. The van der Waals surface area contributed by atoms with Crippen LogP contribution in [0, 0.1) is 0 Å². The summed E-state index contributed by atoms with van der Waals surface area (Å²) in [6, 6.07) is 18.1. The maximum Gasteiger partial charge on any atom is 0.235 e. The molecule has 0 bridgehead atoms. The van der Waals surface area contributed by atoms with Crippen LogP contribution in [0.1, 0.15) is 18.1 Å². The Balaban J connectivity index is 1.62. The summed E-state index contributed by atoms with van der Waals surface area (Å²) in [6.07, 6.45) is 6.12. The Kier molecular flexibility index (Phi) is 3.37. The molecule has 3 heterocycles. The molecule has 0 spiro atoms. The van der Waals surface area contributed by atoms with Crippen molar-refractivity contribution in [1.29, 1.82) is 0 Å². The maximum atomic E-state index is 12.8. The van der Waals surface area contributed by atoms with Crippen molar-refractivity contribution in [3.8, 4) is 11.1 Å². The van der Waals surface area contributed by atoms with Crippen molar-refractivity contribution in [1.82, 2.24) is 14.6 Å². The van der Waals surface area contributed by atoms with E-state index >= 15 is 0 Å². The van der Waals surface area contributed by atoms with Crippen molar-refractivity contribution in [3.63, 3.8) is 0 Å². The Labute approximate surface area is 156 Å². The van der Waals surface area contributed by atoms with Gasteiger partial charge in [-0.2, -0.15) is 5.10 Å². The number of nitrogens with one attached hydrogen (secondary N) is 1. The van der Waals surface area contributed by atoms with E-state index in [4.69, 9.17) is 0 Å². The van der Waals surface area contributed by atoms with Crippen LogP contribution in [0.2, 0.25) is 0 Å². The molecule has 2 aromatic heterocycles. The zero-order valence-corrected chi connectivity index (χ0v) is 14.9. The van der Waals surface area contributed by atoms with E-state index in [9.17, 15) is 4.79 Å². The Morgan fingerprint density at radius 3 is 2.81 bits per heavy atom. The number of carbonyl (C=O) groups is 1. The van der Waals surface area contributed by atoms with Crippen LogP contribution >= 0.6 is 0 Å². The van der Waals surface area contributed by atoms with Crippen LogP contribution in [0.5, 0.6) is 0 Å². The highest BCUT2D eigenvalue weighted by Gasteiger charge is 2.42. The third-order valence-electron chi connectivity index (χ3n) is 5.35. The number of aromatic nitrogens is 3. The number of anilines is 1. The van der Waals surface area contributed by atoms with Crippen molar-refractivity contribution in [3.05, 3.63) is 84.3 Å². The minimum absolute atomic E-state index is 0.0384. The van der Waals surface area contributed by atoms with Crippen LogP contribution < -0.4 is 5.32 Å². The Bertz CT molecular complexity index is 1170. The van der Waals surface area contributed by atoms with E-state index in [0.29, 0.717) is 6.42 Å². The summed E-state index contributed by atoms with van der Waals surface area (Å²) in [5.74, 6) is 0.0384. The van der Waals surface area contributed by atoms with Crippen molar-refractivity contribution >= 4 is 17.2 Å². The van der Waals surface area contributed by atoms with Gasteiger partial charge in [0, 0.05) is 23.6 Å². The third kappa shape index (κ3) is 2.43. The number of rotatable bonds is 3. The lowest BCUT2D eigenvalue weighted by molar-refractivity contribution is -0.120. The number of hydrogen-bond donors (Lipinski definition) is 1. The minimum atomic E-state index is -0.608. The number of hydrogen-bond acceptors (Lipinski definition) is 3. The van der Waals surface area contributed by atoms with Gasteiger partial charge in [-0.05, 0) is 48.2 Å². The van der Waals surface area contributed by atoms with E-state index < -0.39 is 5.41 Å². The molecule has 0 saturated carbocycles. The topological polar surface area (TPSA) is 59.3 Å². The van der Waals surface area contributed by atoms with Gasteiger partial charge in [0.15, 0.2) is 5.65 Å². The van der Waals surface area contributed by atoms with Crippen molar-refractivity contribution in [2.45, 2.75) is 18.8 Å². The second-order valence-corrected chi connectivity index (χ2v) is 7.16. The molecule has 5 heteroatoms. The summed E-state index contributed by atoms with van der Waals surface area (Å²) in [4.78, 5) is 17.3. The van der Waals surface area contributed by atoms with Crippen LogP contribution in [0.3, 0.4) is 0 Å². The summed E-state index contributed by atoms with van der Waals surface area (Å²) in [6.45, 7) is 2.01. The molecule has 1 N–H and O–H groups in total. The van der Waals surface area contributed by atoms with E-state index in [2.05, 4.69) is 33.6 Å². The number of nitrogens with zero attached hydrogens (tertiary/aromatic N) is 3. The van der Waals surface area contributed by atoms with Crippen molar-refractivity contribution in [2.75, 3.05) is 5.32 Å². The van der Waals surface area contributed by atoms with Gasteiger partial charge in [0.1, 0.15) is 0 Å².